The predicted octanol–water partition coefficient (Wildman–Crippen LogP) is 8.10. The van der Waals surface area contributed by atoms with Crippen molar-refractivity contribution in [2.45, 2.75) is 12.2 Å². The fourth-order valence-corrected chi connectivity index (χ4v) is 5.21. The number of halogens is 3. The van der Waals surface area contributed by atoms with Crippen LogP contribution in [0, 0.1) is 11.3 Å². The Kier molecular flexibility index (Phi) is 5.35. The predicted molar refractivity (Wildman–Crippen MR) is 142 cm³/mol. The number of nitriles is 1. The third kappa shape index (κ3) is 3.68. The second kappa shape index (κ2) is 8.72. The highest BCUT2D eigenvalue weighted by atomic mass is 19.4. The molecule has 0 amide bonds. The van der Waals surface area contributed by atoms with Crippen LogP contribution in [0.25, 0.3) is 27.1 Å². The van der Waals surface area contributed by atoms with Crippen LogP contribution in [-0.2, 0) is 0 Å². The molecule has 1 aliphatic heterocycles. The molecule has 5 aromatic rings. The zero-order chi connectivity index (χ0) is 25.6. The summed E-state index contributed by atoms with van der Waals surface area (Å²) >= 11 is 0. The van der Waals surface area contributed by atoms with E-state index in [2.05, 4.69) is 6.07 Å². The van der Waals surface area contributed by atoms with E-state index in [4.69, 9.17) is 0 Å². The summed E-state index contributed by atoms with van der Waals surface area (Å²) in [7, 11) is 0. The van der Waals surface area contributed by atoms with Gasteiger partial charge in [-0.3, -0.25) is 5.01 Å². The van der Waals surface area contributed by atoms with Crippen LogP contribution in [-0.4, -0.2) is 12.2 Å². The molecular weight excluding hydrogens is 471 g/mol. The lowest BCUT2D eigenvalue weighted by molar-refractivity contribution is -0.134. The number of anilines is 2. The Morgan fingerprint density at radius 3 is 1.89 bits per heavy atom. The Morgan fingerprint density at radius 2 is 1.22 bits per heavy atom. The quantitative estimate of drug-likeness (QED) is 0.255. The molecule has 0 fully saturated rings. The summed E-state index contributed by atoms with van der Waals surface area (Å²) in [5.41, 5.74) is 1.10. The van der Waals surface area contributed by atoms with Crippen LogP contribution in [0.5, 0.6) is 0 Å². The number of alkyl halides is 3. The molecule has 6 heteroatoms. The molecule has 0 N–H and O–H groups in total. The van der Waals surface area contributed by atoms with Crippen LogP contribution in [0.2, 0.25) is 0 Å². The Labute approximate surface area is 211 Å². The van der Waals surface area contributed by atoms with Crippen molar-refractivity contribution in [1.29, 1.82) is 5.26 Å². The van der Waals surface area contributed by atoms with E-state index in [0.717, 1.165) is 10.8 Å². The third-order valence-corrected chi connectivity index (χ3v) is 6.71. The van der Waals surface area contributed by atoms with E-state index in [9.17, 15) is 5.26 Å². The highest BCUT2D eigenvalue weighted by Gasteiger charge is 2.55. The van der Waals surface area contributed by atoms with Gasteiger partial charge < -0.3 is 0 Å². The smallest absolute Gasteiger partial charge is 0.263 e. The highest BCUT2D eigenvalue weighted by molar-refractivity contribution is 6.03. The topological polar surface area (TPSA) is 30.3 Å². The molecule has 180 valence electrons. The van der Waals surface area contributed by atoms with E-state index >= 15 is 13.2 Å². The number of allylic oxidation sites excluding steroid dienone is 1. The average Bonchev–Trinajstić information content (AvgIpc) is 3.28. The Balaban J connectivity index is 1.72. The number of rotatable bonds is 3. The van der Waals surface area contributed by atoms with Gasteiger partial charge in [-0.1, -0.05) is 97.1 Å². The second-order valence-corrected chi connectivity index (χ2v) is 8.84. The maximum Gasteiger partial charge on any atom is 0.415 e. The summed E-state index contributed by atoms with van der Waals surface area (Å²) in [6.45, 7) is 0. The molecule has 0 radical (unpaired) electrons. The molecule has 1 aliphatic rings. The first-order chi connectivity index (χ1) is 18.0. The molecule has 1 unspecified atom stereocenters. The van der Waals surface area contributed by atoms with Crippen molar-refractivity contribution < 1.29 is 13.2 Å². The molecule has 1 heterocycles. The molecule has 3 nitrogen and oxygen atoms in total. The van der Waals surface area contributed by atoms with Crippen molar-refractivity contribution in [1.82, 2.24) is 0 Å². The molecule has 0 saturated heterocycles. The second-order valence-electron chi connectivity index (χ2n) is 8.84. The number of hydrazine groups is 1. The SMILES string of the molecule is N#CC1=C(c2cccc3ccccc23)C(C(F)(F)F)N(c2cccc3ccccc23)N1c1ccccc1. The van der Waals surface area contributed by atoms with Crippen LogP contribution >= 0.6 is 0 Å². The molecule has 0 spiro atoms. The number of hydrogen-bond acceptors (Lipinski definition) is 3. The van der Waals surface area contributed by atoms with Gasteiger partial charge in [0.2, 0.25) is 0 Å². The fourth-order valence-electron chi connectivity index (χ4n) is 5.21. The lowest BCUT2D eigenvalue weighted by atomic mass is 9.92. The van der Waals surface area contributed by atoms with Gasteiger partial charge >= 0.3 is 6.18 Å². The van der Waals surface area contributed by atoms with E-state index in [-0.39, 0.29) is 11.3 Å². The van der Waals surface area contributed by atoms with E-state index in [0.29, 0.717) is 27.7 Å². The lowest BCUT2D eigenvalue weighted by Crippen LogP contribution is -2.50. The van der Waals surface area contributed by atoms with Crippen molar-refractivity contribution in [2.75, 3.05) is 10.0 Å². The first-order valence-electron chi connectivity index (χ1n) is 11.8. The van der Waals surface area contributed by atoms with Gasteiger partial charge in [0.1, 0.15) is 11.8 Å². The molecule has 1 atom stereocenters. The minimum atomic E-state index is -4.69. The molecular formula is C31H20F3N3. The zero-order valence-corrected chi connectivity index (χ0v) is 19.5. The third-order valence-electron chi connectivity index (χ3n) is 6.71. The largest absolute Gasteiger partial charge is 0.415 e. The lowest BCUT2D eigenvalue weighted by Gasteiger charge is -2.37. The number of para-hydroxylation sites is 1. The van der Waals surface area contributed by atoms with Gasteiger partial charge in [0, 0.05) is 11.0 Å². The first kappa shape index (κ1) is 22.7. The maximum atomic E-state index is 15.2. The molecule has 0 aromatic heterocycles. The van der Waals surface area contributed by atoms with Crippen LogP contribution in [0.15, 0.2) is 121 Å². The average molecular weight is 492 g/mol. The van der Waals surface area contributed by atoms with Gasteiger partial charge in [-0.15, -0.1) is 0 Å². The minimum Gasteiger partial charge on any atom is -0.263 e. The van der Waals surface area contributed by atoms with Gasteiger partial charge in [0.05, 0.1) is 11.4 Å². The molecule has 37 heavy (non-hydrogen) atoms. The molecule has 0 bridgehead atoms. The van der Waals surface area contributed by atoms with Crippen LogP contribution in [0.4, 0.5) is 24.5 Å². The van der Waals surface area contributed by atoms with Crippen molar-refractivity contribution in [2.24, 2.45) is 0 Å². The zero-order valence-electron chi connectivity index (χ0n) is 19.5. The van der Waals surface area contributed by atoms with Crippen molar-refractivity contribution in [3.05, 3.63) is 127 Å². The van der Waals surface area contributed by atoms with Gasteiger partial charge in [-0.25, -0.2) is 5.01 Å². The van der Waals surface area contributed by atoms with Crippen LogP contribution in [0.1, 0.15) is 5.56 Å². The van der Waals surface area contributed by atoms with E-state index in [1.807, 2.05) is 48.5 Å². The molecule has 0 saturated carbocycles. The maximum absolute atomic E-state index is 15.2. The van der Waals surface area contributed by atoms with Crippen LogP contribution < -0.4 is 10.0 Å². The van der Waals surface area contributed by atoms with E-state index in [1.54, 1.807) is 66.7 Å². The standard InChI is InChI=1S/C31H20F3N3/c32-31(33,34)30-29(26-18-8-12-21-10-4-6-16-24(21)26)28(20-35)36(23-14-2-1-3-15-23)37(30)27-19-9-13-22-11-5-7-17-25(22)27/h1-19,30H. The van der Waals surface area contributed by atoms with Crippen LogP contribution in [0.3, 0.4) is 0 Å². The minimum absolute atomic E-state index is 0.0576. The number of hydrogen-bond donors (Lipinski definition) is 0. The van der Waals surface area contributed by atoms with E-state index < -0.39 is 12.2 Å². The van der Waals surface area contributed by atoms with Gasteiger partial charge in [-0.2, -0.15) is 18.4 Å². The molecule has 6 rings (SSSR count). The first-order valence-corrected chi connectivity index (χ1v) is 11.8. The summed E-state index contributed by atoms with van der Waals surface area (Å²) in [5, 5.41) is 16.0. The summed E-state index contributed by atoms with van der Waals surface area (Å²) in [4.78, 5) is 0. The monoisotopic (exact) mass is 491 g/mol. The Bertz CT molecular complexity index is 1690. The fraction of sp³-hybridized carbons (Fsp3) is 0.0645. The summed E-state index contributed by atoms with van der Waals surface area (Å²) < 4.78 is 45.7. The van der Waals surface area contributed by atoms with Gasteiger partial charge in [0.15, 0.2) is 6.04 Å². The number of nitrogens with zero attached hydrogens (tertiary/aromatic N) is 3. The highest BCUT2D eigenvalue weighted by Crippen LogP contribution is 2.49. The molecule has 5 aromatic carbocycles. The molecule has 0 aliphatic carbocycles. The van der Waals surface area contributed by atoms with Gasteiger partial charge in [0.25, 0.3) is 0 Å². The summed E-state index contributed by atoms with van der Waals surface area (Å²) in [6.07, 6.45) is -4.69. The van der Waals surface area contributed by atoms with Crippen molar-refractivity contribution >= 4 is 38.5 Å². The number of benzene rings is 5. The Morgan fingerprint density at radius 1 is 0.649 bits per heavy atom. The summed E-state index contributed by atoms with van der Waals surface area (Å²) in [5.74, 6) is 0. The van der Waals surface area contributed by atoms with Gasteiger partial charge in [-0.05, 0) is 39.9 Å². The van der Waals surface area contributed by atoms with Crippen molar-refractivity contribution in [3.63, 3.8) is 0 Å². The van der Waals surface area contributed by atoms with Crippen molar-refractivity contribution in [3.8, 4) is 6.07 Å². The van der Waals surface area contributed by atoms with E-state index in [1.165, 1.54) is 10.0 Å². The summed E-state index contributed by atoms with van der Waals surface area (Å²) in [6, 6.07) is 34.0. The normalized spacial score (nSPS) is 16.0. The number of fused-ring (bicyclic) bond motifs is 2. The Hall–Kier alpha value is -4.76.